The summed E-state index contributed by atoms with van der Waals surface area (Å²) < 4.78 is 0. The highest BCUT2D eigenvalue weighted by Crippen LogP contribution is 2.28. The molecule has 1 atom stereocenters. The summed E-state index contributed by atoms with van der Waals surface area (Å²) in [6.07, 6.45) is -0.378. The van der Waals surface area contributed by atoms with Crippen LogP contribution in [0.15, 0.2) is 42.5 Å². The molecule has 0 radical (unpaired) electrons. The van der Waals surface area contributed by atoms with E-state index in [1.807, 2.05) is 31.2 Å². The third-order valence-electron chi connectivity index (χ3n) is 3.55. The molecule has 1 aromatic heterocycles. The van der Waals surface area contributed by atoms with Gasteiger partial charge in [0.25, 0.3) is 0 Å². The number of rotatable bonds is 4. The molecule has 0 amide bonds. The molecule has 0 saturated carbocycles. The van der Waals surface area contributed by atoms with Crippen LogP contribution in [0.5, 0.6) is 0 Å². The van der Waals surface area contributed by atoms with Crippen LogP contribution in [-0.2, 0) is 0 Å². The Morgan fingerprint density at radius 1 is 1.23 bits per heavy atom. The number of benzene rings is 2. The van der Waals surface area contributed by atoms with Crippen molar-refractivity contribution >= 4 is 33.0 Å². The molecule has 0 spiro atoms. The molecule has 0 aliphatic heterocycles. The lowest BCUT2D eigenvalue weighted by atomic mass is 10.0. The van der Waals surface area contributed by atoms with E-state index < -0.39 is 0 Å². The van der Waals surface area contributed by atoms with Crippen molar-refractivity contribution in [3.63, 3.8) is 0 Å². The molecule has 0 fully saturated rings. The Balaban J connectivity index is 1.92. The van der Waals surface area contributed by atoms with Gasteiger partial charge in [0.2, 0.25) is 0 Å². The maximum atomic E-state index is 11.5. The number of nitrogens with two attached hydrogens (primary N) is 1. The van der Waals surface area contributed by atoms with Gasteiger partial charge in [-0.25, -0.2) is 4.98 Å². The lowest BCUT2D eigenvalue weighted by Crippen LogP contribution is -2.20. The smallest absolute Gasteiger partial charge is 0.185 e. The molecule has 1 heterocycles. The number of thiazole rings is 1. The van der Waals surface area contributed by atoms with Gasteiger partial charge < -0.3 is 11.1 Å². The van der Waals surface area contributed by atoms with Crippen molar-refractivity contribution < 1.29 is 4.79 Å². The molecule has 0 aliphatic carbocycles. The molecule has 22 heavy (non-hydrogen) atoms. The van der Waals surface area contributed by atoms with Gasteiger partial charge in [0.05, 0.1) is 10.6 Å². The molecular formula is C17H17N3OS. The van der Waals surface area contributed by atoms with Gasteiger partial charge in [0.1, 0.15) is 6.17 Å². The largest absolute Gasteiger partial charge is 0.342 e. The standard InChI is InChI=1S/C17H17N3OS/c1-10-15(11(2)21)22-17(19-10)20-16(18)14-9-5-7-12-6-3-4-8-13(12)14/h3-9,16H,18H2,1-2H3,(H,19,20). The first-order chi connectivity index (χ1) is 10.6. The maximum absolute atomic E-state index is 11.5. The van der Waals surface area contributed by atoms with E-state index in [1.165, 1.54) is 11.3 Å². The molecule has 112 valence electrons. The molecule has 0 saturated heterocycles. The lowest BCUT2D eigenvalue weighted by molar-refractivity contribution is 0.102. The highest BCUT2D eigenvalue weighted by Gasteiger charge is 2.15. The second-order valence-electron chi connectivity index (χ2n) is 5.18. The van der Waals surface area contributed by atoms with E-state index in [-0.39, 0.29) is 11.9 Å². The second kappa shape index (κ2) is 5.87. The van der Waals surface area contributed by atoms with Gasteiger partial charge in [0.15, 0.2) is 10.9 Å². The van der Waals surface area contributed by atoms with Crippen LogP contribution in [0.3, 0.4) is 0 Å². The van der Waals surface area contributed by atoms with E-state index in [4.69, 9.17) is 5.73 Å². The first-order valence-electron chi connectivity index (χ1n) is 7.04. The van der Waals surface area contributed by atoms with Crippen LogP contribution in [0.4, 0.5) is 5.13 Å². The number of ketones is 1. The zero-order chi connectivity index (χ0) is 15.7. The average molecular weight is 311 g/mol. The summed E-state index contributed by atoms with van der Waals surface area (Å²) in [5, 5.41) is 6.13. The molecule has 3 aromatic rings. The zero-order valence-corrected chi connectivity index (χ0v) is 13.3. The Morgan fingerprint density at radius 2 is 1.95 bits per heavy atom. The van der Waals surface area contributed by atoms with Gasteiger partial charge in [-0.15, -0.1) is 0 Å². The van der Waals surface area contributed by atoms with Crippen molar-refractivity contribution in [2.45, 2.75) is 20.0 Å². The molecule has 3 N–H and O–H groups in total. The normalized spacial score (nSPS) is 12.3. The zero-order valence-electron chi connectivity index (χ0n) is 12.5. The van der Waals surface area contributed by atoms with Crippen LogP contribution < -0.4 is 11.1 Å². The monoisotopic (exact) mass is 311 g/mol. The minimum Gasteiger partial charge on any atom is -0.342 e. The van der Waals surface area contributed by atoms with Crippen molar-refractivity contribution in [1.29, 1.82) is 0 Å². The van der Waals surface area contributed by atoms with Gasteiger partial charge in [-0.1, -0.05) is 53.8 Å². The summed E-state index contributed by atoms with van der Waals surface area (Å²) in [7, 11) is 0. The number of carbonyl (C=O) groups is 1. The topological polar surface area (TPSA) is 68.0 Å². The molecule has 5 heteroatoms. The van der Waals surface area contributed by atoms with Crippen molar-refractivity contribution in [2.75, 3.05) is 5.32 Å². The SMILES string of the molecule is CC(=O)c1sc(NC(N)c2cccc3ccccc23)nc1C. The van der Waals surface area contributed by atoms with Crippen LogP contribution >= 0.6 is 11.3 Å². The highest BCUT2D eigenvalue weighted by molar-refractivity contribution is 7.17. The van der Waals surface area contributed by atoms with Crippen LogP contribution in [0, 0.1) is 6.92 Å². The predicted molar refractivity (Wildman–Crippen MR) is 91.4 cm³/mol. The Morgan fingerprint density at radius 3 is 2.68 bits per heavy atom. The molecule has 1 unspecified atom stereocenters. The van der Waals surface area contributed by atoms with E-state index in [0.717, 1.165) is 22.0 Å². The fourth-order valence-electron chi connectivity index (χ4n) is 2.52. The van der Waals surface area contributed by atoms with E-state index in [1.54, 1.807) is 6.92 Å². The summed E-state index contributed by atoms with van der Waals surface area (Å²) in [6.45, 7) is 3.39. The van der Waals surface area contributed by atoms with E-state index >= 15 is 0 Å². The number of aryl methyl sites for hydroxylation is 1. The fourth-order valence-corrected chi connectivity index (χ4v) is 3.42. The fraction of sp³-hybridized carbons (Fsp3) is 0.176. The van der Waals surface area contributed by atoms with Crippen LogP contribution in [0.25, 0.3) is 10.8 Å². The molecule has 2 aromatic carbocycles. The van der Waals surface area contributed by atoms with Crippen molar-refractivity contribution in [3.05, 3.63) is 58.6 Å². The van der Waals surface area contributed by atoms with Crippen LogP contribution in [-0.4, -0.2) is 10.8 Å². The number of hydrogen-bond donors (Lipinski definition) is 2. The minimum absolute atomic E-state index is 0.0294. The van der Waals surface area contributed by atoms with E-state index in [2.05, 4.69) is 28.5 Å². The molecule has 3 rings (SSSR count). The number of Topliss-reactive ketones (excluding diaryl/α,β-unsaturated/α-hetero) is 1. The van der Waals surface area contributed by atoms with E-state index in [9.17, 15) is 4.79 Å². The number of nitrogens with zero attached hydrogens (tertiary/aromatic N) is 1. The third kappa shape index (κ3) is 2.73. The minimum atomic E-state index is -0.378. The number of hydrogen-bond acceptors (Lipinski definition) is 5. The summed E-state index contributed by atoms with van der Waals surface area (Å²) in [5.74, 6) is 0.0294. The summed E-state index contributed by atoms with van der Waals surface area (Å²) in [4.78, 5) is 16.6. The summed E-state index contributed by atoms with van der Waals surface area (Å²) in [5.41, 5.74) is 8.05. The van der Waals surface area contributed by atoms with Gasteiger partial charge in [0, 0.05) is 6.92 Å². The predicted octanol–water partition coefficient (Wildman–Crippen LogP) is 3.88. The van der Waals surface area contributed by atoms with Gasteiger partial charge in [-0.2, -0.15) is 0 Å². The molecule has 4 nitrogen and oxygen atoms in total. The molecule has 0 aliphatic rings. The second-order valence-corrected chi connectivity index (χ2v) is 6.18. The van der Waals surface area contributed by atoms with E-state index in [0.29, 0.717) is 10.0 Å². The van der Waals surface area contributed by atoms with Crippen LogP contribution in [0.2, 0.25) is 0 Å². The van der Waals surface area contributed by atoms with Gasteiger partial charge in [-0.05, 0) is 23.3 Å². The lowest BCUT2D eigenvalue weighted by Gasteiger charge is -2.15. The average Bonchev–Trinajstić information content (AvgIpc) is 2.87. The highest BCUT2D eigenvalue weighted by atomic mass is 32.1. The number of fused-ring (bicyclic) bond motifs is 1. The first-order valence-corrected chi connectivity index (χ1v) is 7.86. The van der Waals surface area contributed by atoms with Crippen molar-refractivity contribution in [3.8, 4) is 0 Å². The number of nitrogens with one attached hydrogen (secondary N) is 1. The Labute approximate surface area is 133 Å². The number of carbonyl (C=O) groups excluding carboxylic acids is 1. The Hall–Kier alpha value is -2.24. The van der Waals surface area contributed by atoms with Gasteiger partial charge in [-0.3, -0.25) is 4.79 Å². The maximum Gasteiger partial charge on any atom is 0.185 e. The third-order valence-corrected chi connectivity index (χ3v) is 4.74. The summed E-state index contributed by atoms with van der Waals surface area (Å²) >= 11 is 1.34. The quantitative estimate of drug-likeness (QED) is 0.567. The first kappa shape index (κ1) is 14.7. The number of anilines is 1. The Kier molecular flexibility index (Phi) is 3.92. The van der Waals surface area contributed by atoms with Crippen LogP contribution in [0.1, 0.15) is 34.0 Å². The molecular weight excluding hydrogens is 294 g/mol. The van der Waals surface area contributed by atoms with Gasteiger partial charge >= 0.3 is 0 Å². The number of aromatic nitrogens is 1. The van der Waals surface area contributed by atoms with Crippen molar-refractivity contribution in [1.82, 2.24) is 4.98 Å². The summed E-state index contributed by atoms with van der Waals surface area (Å²) in [6, 6.07) is 14.2. The molecule has 0 bridgehead atoms. The Bertz CT molecular complexity index is 836. The van der Waals surface area contributed by atoms with Crippen molar-refractivity contribution in [2.24, 2.45) is 5.73 Å².